The first-order valence-electron chi connectivity index (χ1n) is 3.86. The van der Waals surface area contributed by atoms with Crippen molar-refractivity contribution in [2.75, 3.05) is 0 Å². The number of benzene rings is 1. The summed E-state index contributed by atoms with van der Waals surface area (Å²) in [5.41, 5.74) is 1.07. The summed E-state index contributed by atoms with van der Waals surface area (Å²) in [5, 5.41) is 9.27. The molecule has 1 N–H and O–H groups in total. The molecule has 0 atom stereocenters. The summed E-state index contributed by atoms with van der Waals surface area (Å²) in [6.07, 6.45) is 0.589. The van der Waals surface area contributed by atoms with Gasteiger partial charge in [-0.2, -0.15) is 0 Å². The van der Waals surface area contributed by atoms with Crippen molar-refractivity contribution in [3.8, 4) is 5.75 Å². The van der Waals surface area contributed by atoms with Crippen LogP contribution in [0.5, 0.6) is 5.75 Å². The third kappa shape index (κ3) is 1.59. The van der Waals surface area contributed by atoms with Crippen molar-refractivity contribution >= 4 is 12.1 Å². The van der Waals surface area contributed by atoms with Gasteiger partial charge >= 0.3 is 0 Å². The summed E-state index contributed by atoms with van der Waals surface area (Å²) in [6.45, 7) is 2.99. The molecule has 0 aliphatic rings. The second-order valence-corrected chi connectivity index (χ2v) is 2.84. The van der Waals surface area contributed by atoms with Crippen LogP contribution in [0.4, 0.5) is 0 Å². The minimum Gasteiger partial charge on any atom is -0.508 e. The second kappa shape index (κ2) is 3.39. The lowest BCUT2D eigenvalue weighted by Gasteiger charge is -2.05. The smallest absolute Gasteiger partial charge is 0.160 e. The number of rotatable bonds is 2. The molecule has 3 nitrogen and oxygen atoms in total. The summed E-state index contributed by atoms with van der Waals surface area (Å²) in [7, 11) is 0. The third-order valence-corrected chi connectivity index (χ3v) is 1.98. The number of phenols is 1. The van der Waals surface area contributed by atoms with Gasteiger partial charge in [-0.05, 0) is 26.0 Å². The molecule has 1 aromatic carbocycles. The fourth-order valence-corrected chi connectivity index (χ4v) is 1.18. The van der Waals surface area contributed by atoms with Gasteiger partial charge in [0.1, 0.15) is 5.75 Å². The maximum atomic E-state index is 11.0. The molecule has 0 heterocycles. The van der Waals surface area contributed by atoms with E-state index in [1.807, 2.05) is 0 Å². The van der Waals surface area contributed by atoms with Gasteiger partial charge in [0.05, 0.1) is 0 Å². The van der Waals surface area contributed by atoms with Crippen LogP contribution in [0.3, 0.4) is 0 Å². The van der Waals surface area contributed by atoms with E-state index in [-0.39, 0.29) is 17.1 Å². The highest BCUT2D eigenvalue weighted by Gasteiger charge is 2.11. The van der Waals surface area contributed by atoms with E-state index in [2.05, 4.69) is 0 Å². The Labute approximate surface area is 76.0 Å². The van der Waals surface area contributed by atoms with Gasteiger partial charge in [0.2, 0.25) is 0 Å². The fraction of sp³-hybridized carbons (Fsp3) is 0.200. The number of carbonyl (C=O) groups excluding carboxylic acids is 2. The molecule has 0 unspecified atom stereocenters. The van der Waals surface area contributed by atoms with Crippen LogP contribution < -0.4 is 0 Å². The van der Waals surface area contributed by atoms with Crippen molar-refractivity contribution in [3.63, 3.8) is 0 Å². The predicted octanol–water partition coefficient (Wildman–Crippen LogP) is 1.72. The van der Waals surface area contributed by atoms with Crippen LogP contribution in [0.1, 0.15) is 33.2 Å². The van der Waals surface area contributed by atoms with E-state index >= 15 is 0 Å². The highest BCUT2D eigenvalue weighted by atomic mass is 16.3. The van der Waals surface area contributed by atoms with E-state index < -0.39 is 0 Å². The second-order valence-electron chi connectivity index (χ2n) is 2.84. The van der Waals surface area contributed by atoms with Gasteiger partial charge in [-0.1, -0.05) is 0 Å². The number of aldehydes is 1. The molecule has 0 aliphatic carbocycles. The molecule has 0 saturated carbocycles. The average molecular weight is 178 g/mol. The number of aromatic hydroxyl groups is 1. The van der Waals surface area contributed by atoms with Gasteiger partial charge in [-0.15, -0.1) is 0 Å². The van der Waals surface area contributed by atoms with Crippen molar-refractivity contribution in [2.45, 2.75) is 13.8 Å². The highest BCUT2D eigenvalue weighted by Crippen LogP contribution is 2.22. The average Bonchev–Trinajstić information content (AvgIpc) is 2.09. The fourth-order valence-electron chi connectivity index (χ4n) is 1.18. The summed E-state index contributed by atoms with van der Waals surface area (Å²) < 4.78 is 0. The summed E-state index contributed by atoms with van der Waals surface area (Å²) in [4.78, 5) is 21.7. The van der Waals surface area contributed by atoms with Crippen molar-refractivity contribution in [1.82, 2.24) is 0 Å². The molecule has 13 heavy (non-hydrogen) atoms. The summed E-state index contributed by atoms with van der Waals surface area (Å²) >= 11 is 0. The molecule has 68 valence electrons. The molecule has 1 rings (SSSR count). The van der Waals surface area contributed by atoms with Crippen LogP contribution in [0, 0.1) is 6.92 Å². The van der Waals surface area contributed by atoms with Gasteiger partial charge < -0.3 is 5.11 Å². The van der Waals surface area contributed by atoms with Gasteiger partial charge in [-0.3, -0.25) is 9.59 Å². The lowest BCUT2D eigenvalue weighted by atomic mass is 10.00. The van der Waals surface area contributed by atoms with Crippen molar-refractivity contribution in [3.05, 3.63) is 28.8 Å². The zero-order valence-electron chi connectivity index (χ0n) is 7.50. The van der Waals surface area contributed by atoms with E-state index in [4.69, 9.17) is 0 Å². The number of hydrogen-bond donors (Lipinski definition) is 1. The Kier molecular flexibility index (Phi) is 2.46. The Morgan fingerprint density at radius 2 is 2.08 bits per heavy atom. The number of Topliss-reactive ketones (excluding diaryl/α,β-unsaturated/α-hetero) is 1. The Morgan fingerprint density at radius 3 is 2.54 bits per heavy atom. The minimum atomic E-state index is -0.176. The lowest BCUT2D eigenvalue weighted by Crippen LogP contribution is -2.00. The molecule has 0 saturated heterocycles. The third-order valence-electron chi connectivity index (χ3n) is 1.98. The molecule has 0 fully saturated rings. The minimum absolute atomic E-state index is 0.0344. The molecule has 3 heteroatoms. The van der Waals surface area contributed by atoms with Gasteiger partial charge in [0, 0.05) is 16.7 Å². The standard InChI is InChI=1S/C10H10O3/c1-6-9(5-11)8(7(2)12)3-4-10(6)13/h3-5,13H,1-2H3. The van der Waals surface area contributed by atoms with Crippen molar-refractivity contribution < 1.29 is 14.7 Å². The topological polar surface area (TPSA) is 54.4 Å². The monoisotopic (exact) mass is 178 g/mol. The first-order chi connectivity index (χ1) is 6.07. The first kappa shape index (κ1) is 9.45. The Bertz CT molecular complexity index is 367. The summed E-state index contributed by atoms with van der Waals surface area (Å²) in [6, 6.07) is 2.87. The largest absolute Gasteiger partial charge is 0.508 e. The van der Waals surface area contributed by atoms with Gasteiger partial charge in [-0.25, -0.2) is 0 Å². The molecular weight excluding hydrogens is 168 g/mol. The molecule has 0 aliphatic heterocycles. The normalized spacial score (nSPS) is 9.69. The molecule has 0 spiro atoms. The van der Waals surface area contributed by atoms with E-state index in [1.54, 1.807) is 6.92 Å². The van der Waals surface area contributed by atoms with Crippen molar-refractivity contribution in [2.24, 2.45) is 0 Å². The van der Waals surface area contributed by atoms with E-state index in [0.717, 1.165) is 0 Å². The van der Waals surface area contributed by atoms with E-state index in [9.17, 15) is 14.7 Å². The Hall–Kier alpha value is -1.64. The van der Waals surface area contributed by atoms with Gasteiger partial charge in [0.25, 0.3) is 0 Å². The lowest BCUT2D eigenvalue weighted by molar-refractivity contribution is 0.100. The van der Waals surface area contributed by atoms with E-state index in [0.29, 0.717) is 17.4 Å². The Balaban J connectivity index is 3.47. The van der Waals surface area contributed by atoms with Crippen LogP contribution in [-0.2, 0) is 0 Å². The van der Waals surface area contributed by atoms with Crippen LogP contribution in [0.25, 0.3) is 0 Å². The number of phenolic OH excluding ortho intramolecular Hbond substituents is 1. The van der Waals surface area contributed by atoms with Crippen molar-refractivity contribution in [1.29, 1.82) is 0 Å². The molecule has 0 radical (unpaired) electrons. The molecule has 0 aromatic heterocycles. The maximum Gasteiger partial charge on any atom is 0.160 e. The molecule has 1 aromatic rings. The van der Waals surface area contributed by atoms with Crippen LogP contribution in [-0.4, -0.2) is 17.2 Å². The SMILES string of the molecule is CC(=O)c1ccc(O)c(C)c1C=O. The summed E-state index contributed by atoms with van der Waals surface area (Å²) in [5.74, 6) is -0.141. The van der Waals surface area contributed by atoms with Crippen LogP contribution >= 0.6 is 0 Å². The molecule has 0 bridgehead atoms. The number of carbonyl (C=O) groups is 2. The van der Waals surface area contributed by atoms with Crippen LogP contribution in [0.15, 0.2) is 12.1 Å². The maximum absolute atomic E-state index is 11.0. The molecule has 0 amide bonds. The number of hydrogen-bond acceptors (Lipinski definition) is 3. The molecular formula is C10H10O3. The van der Waals surface area contributed by atoms with Gasteiger partial charge in [0.15, 0.2) is 12.1 Å². The quantitative estimate of drug-likeness (QED) is 0.554. The predicted molar refractivity (Wildman–Crippen MR) is 48.2 cm³/mol. The highest BCUT2D eigenvalue weighted by molar-refractivity contribution is 6.02. The number of ketones is 1. The first-order valence-corrected chi connectivity index (χ1v) is 3.86. The Morgan fingerprint density at radius 1 is 1.46 bits per heavy atom. The zero-order valence-corrected chi connectivity index (χ0v) is 7.50. The van der Waals surface area contributed by atoms with Crippen LogP contribution in [0.2, 0.25) is 0 Å². The van der Waals surface area contributed by atoms with E-state index in [1.165, 1.54) is 19.1 Å². The zero-order chi connectivity index (χ0) is 10.0.